The van der Waals surface area contributed by atoms with Crippen molar-refractivity contribution in [1.29, 1.82) is 0 Å². The fourth-order valence-corrected chi connectivity index (χ4v) is 9.59. The van der Waals surface area contributed by atoms with Gasteiger partial charge in [-0.3, -0.25) is 9.36 Å². The third-order valence-corrected chi connectivity index (χ3v) is 14.6. The number of phosphoric ester groups is 1. The standard InChI is InChI=1S/C64H119N2O6P/c1-6-8-10-12-14-16-18-20-22-24-26-28-30-32-33-34-36-38-40-42-44-46-48-50-52-54-56-58-64(68)65-62(61-72-73(69,70)71-60-59-66(3,4)5)63(67)57-55-53-51-49-47-45-43-41-39-37-35-31-29-27-25-23-21-19-17-15-13-11-9-7-2/h8,10,14,16,20,22,26,28,47,49,55,57,62-63,67H,6-7,9,11-13,15,17-19,21,23-25,27,29-46,48,50-54,56,58-61H2,1-5H3,(H-,65,68,69,70)/b10-8-,16-14-,22-20-,28-26-,49-47+,57-55+. The molecule has 0 aromatic rings. The molecule has 2 N–H and O–H groups in total. The number of hydrogen-bond acceptors (Lipinski definition) is 6. The second-order valence-electron chi connectivity index (χ2n) is 22.0. The lowest BCUT2D eigenvalue weighted by Gasteiger charge is -2.29. The van der Waals surface area contributed by atoms with E-state index in [1.807, 2.05) is 27.2 Å². The van der Waals surface area contributed by atoms with Gasteiger partial charge in [-0.05, 0) is 70.6 Å². The summed E-state index contributed by atoms with van der Waals surface area (Å²) in [5, 5.41) is 13.9. The molecule has 0 aliphatic rings. The summed E-state index contributed by atoms with van der Waals surface area (Å²) in [6, 6.07) is -0.908. The third-order valence-electron chi connectivity index (χ3n) is 13.7. The predicted molar refractivity (Wildman–Crippen MR) is 316 cm³/mol. The van der Waals surface area contributed by atoms with E-state index in [1.165, 1.54) is 193 Å². The average Bonchev–Trinajstić information content (AvgIpc) is 3.35. The van der Waals surface area contributed by atoms with E-state index < -0.39 is 26.6 Å². The second kappa shape index (κ2) is 54.7. The summed E-state index contributed by atoms with van der Waals surface area (Å²) in [4.78, 5) is 25.5. The monoisotopic (exact) mass is 1040 g/mol. The highest BCUT2D eigenvalue weighted by Gasteiger charge is 2.23. The van der Waals surface area contributed by atoms with E-state index >= 15 is 0 Å². The number of allylic oxidation sites excluding steroid dienone is 11. The maximum atomic E-state index is 13.0. The van der Waals surface area contributed by atoms with Gasteiger partial charge in [0.25, 0.3) is 7.82 Å². The van der Waals surface area contributed by atoms with Gasteiger partial charge in [-0.25, -0.2) is 0 Å². The van der Waals surface area contributed by atoms with Crippen LogP contribution in [-0.4, -0.2) is 68.5 Å². The summed E-state index contributed by atoms with van der Waals surface area (Å²) in [6.07, 6.45) is 75.6. The molecule has 0 spiro atoms. The number of phosphoric acid groups is 1. The fraction of sp³-hybridized carbons (Fsp3) is 0.797. The van der Waals surface area contributed by atoms with E-state index in [0.29, 0.717) is 17.4 Å². The van der Waals surface area contributed by atoms with Crippen LogP contribution in [-0.2, 0) is 18.4 Å². The zero-order valence-electron chi connectivity index (χ0n) is 48.6. The predicted octanol–water partition coefficient (Wildman–Crippen LogP) is 18.4. The Morgan fingerprint density at radius 2 is 0.849 bits per heavy atom. The van der Waals surface area contributed by atoms with E-state index in [4.69, 9.17) is 9.05 Å². The van der Waals surface area contributed by atoms with Crippen molar-refractivity contribution < 1.29 is 32.9 Å². The van der Waals surface area contributed by atoms with Gasteiger partial charge >= 0.3 is 0 Å². The van der Waals surface area contributed by atoms with Gasteiger partial charge < -0.3 is 28.8 Å². The summed E-state index contributed by atoms with van der Waals surface area (Å²) in [7, 11) is 1.24. The second-order valence-corrected chi connectivity index (χ2v) is 23.4. The smallest absolute Gasteiger partial charge is 0.268 e. The Morgan fingerprint density at radius 3 is 1.27 bits per heavy atom. The van der Waals surface area contributed by atoms with Gasteiger partial charge in [-0.1, -0.05) is 273 Å². The molecule has 3 unspecified atom stereocenters. The number of amides is 1. The zero-order valence-corrected chi connectivity index (χ0v) is 49.5. The van der Waals surface area contributed by atoms with Crippen LogP contribution in [0.1, 0.15) is 277 Å². The Labute approximate surface area is 453 Å². The van der Waals surface area contributed by atoms with Crippen molar-refractivity contribution in [1.82, 2.24) is 5.32 Å². The third kappa shape index (κ3) is 57.5. The molecule has 0 rings (SSSR count). The van der Waals surface area contributed by atoms with Crippen LogP contribution in [0.5, 0.6) is 0 Å². The van der Waals surface area contributed by atoms with Crippen LogP contribution < -0.4 is 10.2 Å². The highest BCUT2D eigenvalue weighted by molar-refractivity contribution is 7.45. The van der Waals surface area contributed by atoms with Crippen LogP contribution >= 0.6 is 7.82 Å². The van der Waals surface area contributed by atoms with Gasteiger partial charge in [0, 0.05) is 6.42 Å². The SMILES string of the molecule is CC/C=C\C/C=C\C/C=C\C/C=C\CCCCCCCCCCCCCCCCC(=O)NC(COP(=O)([O-])OCC[N+](C)(C)C)C(O)/C=C/CC/C=C/CCCCCCCCCCCCCCCCCCCC. The lowest BCUT2D eigenvalue weighted by Crippen LogP contribution is -2.45. The molecular formula is C64H119N2O6P. The molecule has 0 aliphatic carbocycles. The molecule has 9 heteroatoms. The molecule has 0 heterocycles. The number of hydrogen-bond donors (Lipinski definition) is 2. The first-order chi connectivity index (χ1) is 35.5. The normalized spacial score (nSPS) is 14.3. The number of unbranched alkanes of at least 4 members (excludes halogenated alkanes) is 33. The minimum absolute atomic E-state index is 0.00815. The molecule has 0 aromatic carbocycles. The lowest BCUT2D eigenvalue weighted by atomic mass is 10.0. The first kappa shape index (κ1) is 70.9. The Kier molecular flexibility index (Phi) is 53.2. The van der Waals surface area contributed by atoms with E-state index in [-0.39, 0.29) is 12.5 Å². The number of aliphatic hydroxyl groups excluding tert-OH is 1. The highest BCUT2D eigenvalue weighted by Crippen LogP contribution is 2.38. The number of likely N-dealkylation sites (N-methyl/N-ethyl adjacent to an activating group) is 1. The molecule has 73 heavy (non-hydrogen) atoms. The first-order valence-corrected chi connectivity index (χ1v) is 32.3. The number of aliphatic hydroxyl groups is 1. The molecule has 0 saturated heterocycles. The fourth-order valence-electron chi connectivity index (χ4n) is 8.87. The quantitative estimate of drug-likeness (QED) is 0.0272. The molecule has 3 atom stereocenters. The number of nitrogens with one attached hydrogen (secondary N) is 1. The van der Waals surface area contributed by atoms with Crippen molar-refractivity contribution in [2.24, 2.45) is 0 Å². The number of quaternary nitrogens is 1. The molecule has 0 aliphatic heterocycles. The van der Waals surface area contributed by atoms with E-state index in [2.05, 4.69) is 79.9 Å². The molecule has 8 nitrogen and oxygen atoms in total. The summed E-state index contributed by atoms with van der Waals surface area (Å²) in [5.74, 6) is -0.207. The number of rotatable bonds is 56. The zero-order chi connectivity index (χ0) is 53.5. The van der Waals surface area contributed by atoms with Gasteiger partial charge in [0.05, 0.1) is 39.9 Å². The number of nitrogens with zero attached hydrogens (tertiary/aromatic N) is 1. The van der Waals surface area contributed by atoms with Crippen LogP contribution in [0.4, 0.5) is 0 Å². The molecule has 0 radical (unpaired) electrons. The summed E-state index contributed by atoms with van der Waals surface area (Å²) in [5.41, 5.74) is 0. The van der Waals surface area contributed by atoms with E-state index in [0.717, 1.165) is 64.2 Å². The van der Waals surface area contributed by atoms with Gasteiger partial charge in [0.15, 0.2) is 0 Å². The summed E-state index contributed by atoms with van der Waals surface area (Å²) in [6.45, 7) is 4.54. The van der Waals surface area contributed by atoms with Crippen molar-refractivity contribution in [2.75, 3.05) is 40.9 Å². The van der Waals surface area contributed by atoms with Crippen LogP contribution in [0.25, 0.3) is 0 Å². The largest absolute Gasteiger partial charge is 0.756 e. The molecule has 0 bridgehead atoms. The van der Waals surface area contributed by atoms with Crippen LogP contribution in [0.2, 0.25) is 0 Å². The van der Waals surface area contributed by atoms with Crippen molar-refractivity contribution in [3.05, 3.63) is 72.9 Å². The molecular weight excluding hydrogens is 924 g/mol. The lowest BCUT2D eigenvalue weighted by molar-refractivity contribution is -0.870. The minimum atomic E-state index is -4.61. The molecule has 426 valence electrons. The Bertz CT molecular complexity index is 1420. The van der Waals surface area contributed by atoms with E-state index in [1.54, 1.807) is 6.08 Å². The van der Waals surface area contributed by atoms with Crippen LogP contribution in [0.3, 0.4) is 0 Å². The van der Waals surface area contributed by atoms with Crippen LogP contribution in [0, 0.1) is 0 Å². The van der Waals surface area contributed by atoms with Crippen LogP contribution in [0.15, 0.2) is 72.9 Å². The number of carbonyl (C=O) groups excluding carboxylic acids is 1. The number of carbonyl (C=O) groups is 1. The van der Waals surface area contributed by atoms with Gasteiger partial charge in [0.1, 0.15) is 13.2 Å². The molecule has 0 saturated carbocycles. The average molecular weight is 1040 g/mol. The summed E-state index contributed by atoms with van der Waals surface area (Å²) < 4.78 is 23.4. The maximum absolute atomic E-state index is 13.0. The van der Waals surface area contributed by atoms with Gasteiger partial charge in [-0.15, -0.1) is 0 Å². The van der Waals surface area contributed by atoms with Gasteiger partial charge in [0.2, 0.25) is 5.91 Å². The molecule has 0 aromatic heterocycles. The van der Waals surface area contributed by atoms with Crippen molar-refractivity contribution >= 4 is 13.7 Å². The Hall–Kier alpha value is -2.06. The first-order valence-electron chi connectivity index (χ1n) is 30.8. The minimum Gasteiger partial charge on any atom is -0.756 e. The van der Waals surface area contributed by atoms with E-state index in [9.17, 15) is 19.4 Å². The van der Waals surface area contributed by atoms with Crippen molar-refractivity contribution in [3.63, 3.8) is 0 Å². The topological polar surface area (TPSA) is 108 Å². The molecule has 0 fully saturated rings. The summed E-state index contributed by atoms with van der Waals surface area (Å²) >= 11 is 0. The Balaban J connectivity index is 4.20. The Morgan fingerprint density at radius 1 is 0.493 bits per heavy atom. The maximum Gasteiger partial charge on any atom is 0.268 e. The molecule has 1 amide bonds. The van der Waals surface area contributed by atoms with Crippen molar-refractivity contribution in [3.8, 4) is 0 Å². The van der Waals surface area contributed by atoms with Gasteiger partial charge in [-0.2, -0.15) is 0 Å². The highest BCUT2D eigenvalue weighted by atomic mass is 31.2. The van der Waals surface area contributed by atoms with Crippen molar-refractivity contribution in [2.45, 2.75) is 289 Å².